The summed E-state index contributed by atoms with van der Waals surface area (Å²) in [4.78, 5) is 0. The normalized spacial score (nSPS) is 12.3. The molecule has 2 nitrogen and oxygen atoms in total. The minimum Gasteiger partial charge on any atom is -1.00 e. The van der Waals surface area contributed by atoms with Crippen LogP contribution in [0.4, 0.5) is 0 Å². The summed E-state index contributed by atoms with van der Waals surface area (Å²) in [6, 6.07) is 4.02. The maximum absolute atomic E-state index is 7.50. The van der Waals surface area contributed by atoms with Crippen molar-refractivity contribution >= 4 is 5.84 Å². The largest absolute Gasteiger partial charge is 1.00 e. The van der Waals surface area contributed by atoms with Crippen LogP contribution in [0, 0.1) is 19.3 Å². The van der Waals surface area contributed by atoms with Gasteiger partial charge in [0.2, 0.25) is 0 Å². The van der Waals surface area contributed by atoms with Crippen molar-refractivity contribution in [2.75, 3.05) is 0 Å². The first-order valence-corrected chi connectivity index (χ1v) is 5.40. The molecule has 1 aliphatic carbocycles. The molecular weight excluding hydrogens is 446 g/mol. The summed E-state index contributed by atoms with van der Waals surface area (Å²) in [6.07, 6.45) is 8.49. The molecule has 102 valence electrons. The fraction of sp³-hybridized carbons (Fsp3) is 0.214. The molecule has 1 aliphatic rings. The summed E-state index contributed by atoms with van der Waals surface area (Å²) < 4.78 is 0. The Hall–Kier alpha value is -0.380. The molecule has 0 aromatic heterocycles. The Morgan fingerprint density at radius 1 is 1.05 bits per heavy atom. The number of rotatable bonds is 2. The van der Waals surface area contributed by atoms with Crippen LogP contribution in [0.15, 0.2) is 36.4 Å². The molecule has 0 saturated heterocycles. The van der Waals surface area contributed by atoms with E-state index in [9.17, 15) is 0 Å². The fourth-order valence-corrected chi connectivity index (χ4v) is 2.13. The molecule has 1 aromatic rings. The number of hydrogen-bond donors (Lipinski definition) is 2. The Kier molecular flexibility index (Phi) is 9.61. The summed E-state index contributed by atoms with van der Waals surface area (Å²) in [5.41, 5.74) is 10.0. The number of amidine groups is 1. The molecule has 0 bridgehead atoms. The number of nitrogen functional groups attached to an aromatic ring is 1. The maximum Gasteiger partial charge on any atom is 0.123 e. The Bertz CT molecular complexity index is 498. The van der Waals surface area contributed by atoms with Gasteiger partial charge in [-0.3, -0.25) is 5.41 Å². The van der Waals surface area contributed by atoms with Gasteiger partial charge in [0.15, 0.2) is 0 Å². The minimum absolute atomic E-state index is 0. The number of benzene rings is 1. The molecular formula is C14H16Cl2HfN2-2. The van der Waals surface area contributed by atoms with Crippen LogP contribution in [0.3, 0.4) is 0 Å². The zero-order valence-corrected chi connectivity index (χ0v) is 16.0. The first-order chi connectivity index (χ1) is 7.61. The van der Waals surface area contributed by atoms with Crippen molar-refractivity contribution in [1.29, 1.82) is 5.41 Å². The van der Waals surface area contributed by atoms with E-state index < -0.39 is 0 Å². The van der Waals surface area contributed by atoms with Crippen molar-refractivity contribution in [3.63, 3.8) is 0 Å². The predicted molar refractivity (Wildman–Crippen MR) is 68.0 cm³/mol. The van der Waals surface area contributed by atoms with Gasteiger partial charge in [0.1, 0.15) is 5.84 Å². The second-order valence-electron chi connectivity index (χ2n) is 4.16. The van der Waals surface area contributed by atoms with Gasteiger partial charge >= 0.3 is 0 Å². The summed E-state index contributed by atoms with van der Waals surface area (Å²) in [5.74, 6) is 0.518. The molecule has 0 amide bonds. The van der Waals surface area contributed by atoms with Gasteiger partial charge in [0.05, 0.1) is 0 Å². The van der Waals surface area contributed by atoms with Gasteiger partial charge in [-0.1, -0.05) is 36.4 Å². The van der Waals surface area contributed by atoms with Crippen LogP contribution in [0.5, 0.6) is 0 Å². The SMILES string of the molecule is Cc1c(C(=N)N)ccc(C2C=CC=C2)c1C.[Cl-].[Cl-].[Hf]. The third-order valence-corrected chi connectivity index (χ3v) is 3.23. The van der Waals surface area contributed by atoms with Gasteiger partial charge in [-0.15, -0.1) is 0 Å². The van der Waals surface area contributed by atoms with E-state index in [-0.39, 0.29) is 56.5 Å². The molecule has 19 heavy (non-hydrogen) atoms. The van der Waals surface area contributed by atoms with Crippen molar-refractivity contribution in [2.24, 2.45) is 5.73 Å². The second kappa shape index (κ2) is 8.72. The second-order valence-corrected chi connectivity index (χ2v) is 4.16. The number of halogens is 2. The zero-order chi connectivity index (χ0) is 11.7. The number of allylic oxidation sites excluding steroid dienone is 4. The number of nitrogens with two attached hydrogens (primary N) is 1. The molecule has 0 aliphatic heterocycles. The first kappa shape index (κ1) is 20.9. The van der Waals surface area contributed by atoms with Gasteiger partial charge in [-0.05, 0) is 30.5 Å². The van der Waals surface area contributed by atoms with Gasteiger partial charge < -0.3 is 30.5 Å². The standard InChI is InChI=1S/C14H16N2.2ClH.Hf/c1-9-10(2)13(14(15)16)8-7-12(9)11-5-3-4-6-11;;;/h3-8,11H,1-2H3,(H3,15,16);2*1H;/p-2. The van der Waals surface area contributed by atoms with E-state index in [4.69, 9.17) is 11.1 Å². The molecule has 0 spiro atoms. The average molecular weight is 462 g/mol. The quantitative estimate of drug-likeness (QED) is 0.272. The summed E-state index contributed by atoms with van der Waals surface area (Å²) >= 11 is 0. The van der Waals surface area contributed by atoms with Gasteiger partial charge in [0, 0.05) is 37.3 Å². The van der Waals surface area contributed by atoms with Crippen LogP contribution in [0.25, 0.3) is 0 Å². The van der Waals surface area contributed by atoms with Crippen molar-refractivity contribution in [3.8, 4) is 0 Å². The number of nitrogens with one attached hydrogen (secondary N) is 1. The minimum atomic E-state index is 0. The van der Waals surface area contributed by atoms with E-state index in [0.717, 1.165) is 11.1 Å². The van der Waals surface area contributed by atoms with Crippen molar-refractivity contribution in [2.45, 2.75) is 19.8 Å². The molecule has 0 fully saturated rings. The van der Waals surface area contributed by atoms with Gasteiger partial charge in [0.25, 0.3) is 0 Å². The van der Waals surface area contributed by atoms with E-state index in [1.165, 1.54) is 11.1 Å². The third kappa shape index (κ3) is 4.30. The molecule has 0 atom stereocenters. The fourth-order valence-electron chi connectivity index (χ4n) is 2.13. The molecule has 1 aromatic carbocycles. The Morgan fingerprint density at radius 3 is 2.05 bits per heavy atom. The van der Waals surface area contributed by atoms with Crippen molar-refractivity contribution in [3.05, 3.63) is 58.7 Å². The molecule has 0 radical (unpaired) electrons. The van der Waals surface area contributed by atoms with Crippen LogP contribution < -0.4 is 30.5 Å². The first-order valence-electron chi connectivity index (χ1n) is 5.40. The molecule has 0 saturated carbocycles. The van der Waals surface area contributed by atoms with Crippen LogP contribution >= 0.6 is 0 Å². The number of hydrogen-bond acceptors (Lipinski definition) is 1. The topological polar surface area (TPSA) is 49.9 Å². The van der Waals surface area contributed by atoms with E-state index in [1.807, 2.05) is 13.0 Å². The molecule has 5 heteroatoms. The molecule has 0 unspecified atom stereocenters. The zero-order valence-electron chi connectivity index (χ0n) is 10.9. The van der Waals surface area contributed by atoms with E-state index in [2.05, 4.69) is 37.3 Å². The Balaban J connectivity index is 0. The maximum atomic E-state index is 7.50. The van der Waals surface area contributed by atoms with E-state index in [0.29, 0.717) is 5.92 Å². The molecule has 3 N–H and O–H groups in total. The average Bonchev–Trinajstić information content (AvgIpc) is 2.74. The van der Waals surface area contributed by atoms with Crippen LogP contribution in [-0.2, 0) is 25.8 Å². The molecule has 2 rings (SSSR count). The van der Waals surface area contributed by atoms with Crippen molar-refractivity contribution < 1.29 is 50.7 Å². The monoisotopic (exact) mass is 462 g/mol. The predicted octanol–water partition coefficient (Wildman–Crippen LogP) is -3.20. The summed E-state index contributed by atoms with van der Waals surface area (Å²) in [5, 5.41) is 7.50. The molecule has 0 heterocycles. The van der Waals surface area contributed by atoms with Gasteiger partial charge in [-0.2, -0.15) is 0 Å². The van der Waals surface area contributed by atoms with Gasteiger partial charge in [-0.25, -0.2) is 0 Å². The van der Waals surface area contributed by atoms with E-state index >= 15 is 0 Å². The Labute approximate surface area is 145 Å². The smallest absolute Gasteiger partial charge is 0.123 e. The summed E-state index contributed by atoms with van der Waals surface area (Å²) in [7, 11) is 0. The van der Waals surface area contributed by atoms with Crippen LogP contribution in [-0.4, -0.2) is 5.84 Å². The van der Waals surface area contributed by atoms with Crippen LogP contribution in [0.2, 0.25) is 0 Å². The Morgan fingerprint density at radius 2 is 1.58 bits per heavy atom. The third-order valence-electron chi connectivity index (χ3n) is 3.23. The van der Waals surface area contributed by atoms with Crippen molar-refractivity contribution in [1.82, 2.24) is 0 Å². The van der Waals surface area contributed by atoms with Crippen LogP contribution in [0.1, 0.15) is 28.2 Å². The summed E-state index contributed by atoms with van der Waals surface area (Å²) in [6.45, 7) is 4.12. The van der Waals surface area contributed by atoms with E-state index in [1.54, 1.807) is 0 Å².